The van der Waals surface area contributed by atoms with E-state index in [1.54, 1.807) is 0 Å². The quantitative estimate of drug-likeness (QED) is 0.235. The van der Waals surface area contributed by atoms with Crippen molar-refractivity contribution in [1.82, 2.24) is 0 Å². The summed E-state index contributed by atoms with van der Waals surface area (Å²) < 4.78 is 18.4. The number of benzene rings is 6. The van der Waals surface area contributed by atoms with E-state index in [4.69, 9.17) is 13.9 Å². The number of para-hydroxylation sites is 3. The Labute approximate surface area is 249 Å². The van der Waals surface area contributed by atoms with Crippen molar-refractivity contribution in [2.75, 3.05) is 5.32 Å². The fourth-order valence-corrected chi connectivity index (χ4v) is 6.67. The van der Waals surface area contributed by atoms with E-state index >= 15 is 0 Å². The highest BCUT2D eigenvalue weighted by atomic mass is 16.6. The van der Waals surface area contributed by atoms with Gasteiger partial charge in [-0.05, 0) is 94.0 Å². The van der Waals surface area contributed by atoms with Crippen LogP contribution in [0.15, 0.2) is 126 Å². The van der Waals surface area contributed by atoms with Gasteiger partial charge in [0.2, 0.25) is 0 Å². The van der Waals surface area contributed by atoms with Crippen molar-refractivity contribution in [2.45, 2.75) is 19.3 Å². The molecule has 2 heterocycles. The lowest BCUT2D eigenvalue weighted by Gasteiger charge is -2.23. The molecular weight excluding hydrogens is 530 g/mol. The van der Waals surface area contributed by atoms with Crippen LogP contribution in [0.5, 0.6) is 23.0 Å². The van der Waals surface area contributed by atoms with Crippen molar-refractivity contribution in [3.05, 3.63) is 132 Å². The Bertz CT molecular complexity index is 2260. The van der Waals surface area contributed by atoms with Crippen LogP contribution in [0.4, 0.5) is 11.4 Å². The monoisotopic (exact) mass is 557 g/mol. The summed E-state index contributed by atoms with van der Waals surface area (Å²) >= 11 is 0. The van der Waals surface area contributed by atoms with Crippen molar-refractivity contribution >= 4 is 33.3 Å². The molecule has 206 valence electrons. The fourth-order valence-electron chi connectivity index (χ4n) is 6.67. The number of rotatable bonds is 3. The Kier molecular flexibility index (Phi) is 4.92. The van der Waals surface area contributed by atoms with Gasteiger partial charge in [0.25, 0.3) is 0 Å². The third kappa shape index (κ3) is 3.70. The average molecular weight is 558 g/mol. The van der Waals surface area contributed by atoms with E-state index in [9.17, 15) is 0 Å². The summed E-state index contributed by atoms with van der Waals surface area (Å²) in [7, 11) is 0. The molecule has 1 aromatic heterocycles. The zero-order valence-electron chi connectivity index (χ0n) is 23.8. The van der Waals surface area contributed by atoms with Gasteiger partial charge in [-0.15, -0.1) is 0 Å². The first-order valence-electron chi connectivity index (χ1n) is 14.6. The number of anilines is 2. The van der Waals surface area contributed by atoms with E-state index in [1.165, 1.54) is 22.3 Å². The van der Waals surface area contributed by atoms with Gasteiger partial charge in [0.1, 0.15) is 11.2 Å². The molecule has 0 atom stereocenters. The van der Waals surface area contributed by atoms with Crippen LogP contribution in [0.1, 0.15) is 25.0 Å². The van der Waals surface area contributed by atoms with Crippen LogP contribution < -0.4 is 14.8 Å². The molecule has 0 saturated carbocycles. The highest BCUT2D eigenvalue weighted by Crippen LogP contribution is 2.51. The van der Waals surface area contributed by atoms with Crippen LogP contribution in [-0.2, 0) is 5.41 Å². The van der Waals surface area contributed by atoms with E-state index < -0.39 is 0 Å². The van der Waals surface area contributed by atoms with Crippen LogP contribution in [0.25, 0.3) is 44.2 Å². The summed E-state index contributed by atoms with van der Waals surface area (Å²) in [5.74, 6) is 2.94. The Morgan fingerprint density at radius 1 is 0.488 bits per heavy atom. The zero-order valence-corrected chi connectivity index (χ0v) is 23.8. The third-order valence-electron chi connectivity index (χ3n) is 8.91. The molecule has 6 aromatic carbocycles. The van der Waals surface area contributed by atoms with Gasteiger partial charge in [-0.25, -0.2) is 0 Å². The number of nitrogens with one attached hydrogen (secondary N) is 1. The van der Waals surface area contributed by atoms with Gasteiger partial charge in [0.05, 0.1) is 0 Å². The number of furan rings is 1. The molecule has 0 radical (unpaired) electrons. The zero-order chi connectivity index (χ0) is 28.7. The summed E-state index contributed by atoms with van der Waals surface area (Å²) in [6, 6.07) is 41.9. The molecule has 7 aromatic rings. The Balaban J connectivity index is 1.03. The maximum Gasteiger partial charge on any atom is 0.170 e. The molecular formula is C39H27NO3. The first-order valence-corrected chi connectivity index (χ1v) is 14.6. The molecule has 1 aliphatic heterocycles. The van der Waals surface area contributed by atoms with Crippen LogP contribution in [0.2, 0.25) is 0 Å². The Morgan fingerprint density at radius 3 is 1.95 bits per heavy atom. The summed E-state index contributed by atoms with van der Waals surface area (Å²) in [6.45, 7) is 4.62. The standard InChI is InChI=1S/C39H27NO3/c1-39(2)31-19-23(24-12-18-36-38(20-24)43-35-10-6-5-9-34(35)42-36)11-15-27(31)28-16-13-25(21-32(28)39)40-26-14-17-30-29-7-3-4-8-33(29)41-37(30)22-26/h3-22,40H,1-2H3. The van der Waals surface area contributed by atoms with Gasteiger partial charge in [-0.1, -0.05) is 68.4 Å². The summed E-state index contributed by atoms with van der Waals surface area (Å²) in [6.07, 6.45) is 0. The van der Waals surface area contributed by atoms with Crippen LogP contribution in [0, 0.1) is 0 Å². The third-order valence-corrected chi connectivity index (χ3v) is 8.91. The average Bonchev–Trinajstić information content (AvgIpc) is 3.51. The van der Waals surface area contributed by atoms with Gasteiger partial charge in [-0.2, -0.15) is 0 Å². The molecule has 0 unspecified atom stereocenters. The molecule has 9 rings (SSSR count). The molecule has 4 nitrogen and oxygen atoms in total. The molecule has 0 fully saturated rings. The van der Waals surface area contributed by atoms with Crippen molar-refractivity contribution in [1.29, 1.82) is 0 Å². The first-order chi connectivity index (χ1) is 21.0. The lowest BCUT2D eigenvalue weighted by atomic mass is 9.81. The second-order valence-corrected chi connectivity index (χ2v) is 11.9. The number of ether oxygens (including phenoxy) is 2. The lowest BCUT2D eigenvalue weighted by Crippen LogP contribution is -2.15. The molecule has 0 bridgehead atoms. The molecule has 4 heteroatoms. The second kappa shape index (κ2) is 8.76. The van der Waals surface area contributed by atoms with Gasteiger partial charge in [0, 0.05) is 33.6 Å². The minimum absolute atomic E-state index is 0.159. The van der Waals surface area contributed by atoms with Gasteiger partial charge >= 0.3 is 0 Å². The van der Waals surface area contributed by atoms with E-state index in [-0.39, 0.29) is 5.41 Å². The first kappa shape index (κ1) is 24.2. The summed E-state index contributed by atoms with van der Waals surface area (Å²) in [5, 5.41) is 5.89. The normalized spacial score (nSPS) is 13.9. The molecule has 0 spiro atoms. The summed E-state index contributed by atoms with van der Waals surface area (Å²) in [5.41, 5.74) is 11.1. The van der Waals surface area contributed by atoms with E-state index in [2.05, 4.69) is 92.0 Å². The number of hydrogen-bond acceptors (Lipinski definition) is 4. The van der Waals surface area contributed by atoms with Gasteiger partial charge < -0.3 is 19.2 Å². The van der Waals surface area contributed by atoms with E-state index in [0.717, 1.165) is 67.4 Å². The van der Waals surface area contributed by atoms with Crippen molar-refractivity contribution in [3.8, 4) is 45.3 Å². The lowest BCUT2D eigenvalue weighted by molar-refractivity contribution is 0.360. The van der Waals surface area contributed by atoms with Crippen molar-refractivity contribution in [3.63, 3.8) is 0 Å². The molecule has 0 saturated heterocycles. The maximum absolute atomic E-state index is 6.19. The van der Waals surface area contributed by atoms with Crippen molar-refractivity contribution in [2.24, 2.45) is 0 Å². The molecule has 1 N–H and O–H groups in total. The van der Waals surface area contributed by atoms with Crippen LogP contribution in [0.3, 0.4) is 0 Å². The molecule has 1 aliphatic carbocycles. The largest absolute Gasteiger partial charge is 0.456 e. The van der Waals surface area contributed by atoms with E-state index in [0.29, 0.717) is 0 Å². The maximum atomic E-state index is 6.19. The minimum atomic E-state index is -0.159. The number of fused-ring (bicyclic) bond motifs is 8. The number of hydrogen-bond donors (Lipinski definition) is 1. The van der Waals surface area contributed by atoms with Crippen LogP contribution in [-0.4, -0.2) is 0 Å². The predicted molar refractivity (Wildman–Crippen MR) is 173 cm³/mol. The van der Waals surface area contributed by atoms with Crippen LogP contribution >= 0.6 is 0 Å². The highest BCUT2D eigenvalue weighted by molar-refractivity contribution is 6.05. The topological polar surface area (TPSA) is 43.6 Å². The minimum Gasteiger partial charge on any atom is -0.456 e. The van der Waals surface area contributed by atoms with Gasteiger partial charge in [-0.3, -0.25) is 0 Å². The molecule has 0 amide bonds. The second-order valence-electron chi connectivity index (χ2n) is 11.9. The molecule has 43 heavy (non-hydrogen) atoms. The fraction of sp³-hybridized carbons (Fsp3) is 0.0769. The Hall–Kier alpha value is -5.48. The predicted octanol–water partition coefficient (Wildman–Crippen LogP) is 11.2. The Morgan fingerprint density at radius 2 is 1.09 bits per heavy atom. The van der Waals surface area contributed by atoms with Gasteiger partial charge in [0.15, 0.2) is 23.0 Å². The van der Waals surface area contributed by atoms with E-state index in [1.807, 2.05) is 48.5 Å². The highest BCUT2D eigenvalue weighted by Gasteiger charge is 2.36. The van der Waals surface area contributed by atoms with Crippen molar-refractivity contribution < 1.29 is 13.9 Å². The summed E-state index contributed by atoms with van der Waals surface area (Å²) in [4.78, 5) is 0. The molecule has 2 aliphatic rings. The smallest absolute Gasteiger partial charge is 0.170 e. The SMILES string of the molecule is CC1(C)c2cc(Nc3ccc4c(c3)oc3ccccc34)ccc2-c2ccc(-c3ccc4c(c3)Oc3ccccc3O4)cc21.